The number of ketones is 1. The van der Waals surface area contributed by atoms with Gasteiger partial charge in [0.1, 0.15) is 11.3 Å². The van der Waals surface area contributed by atoms with Crippen LogP contribution in [0.3, 0.4) is 0 Å². The predicted octanol–water partition coefficient (Wildman–Crippen LogP) is 2.82. The van der Waals surface area contributed by atoms with Crippen LogP contribution in [-0.2, 0) is 16.0 Å². The number of ether oxygens (including phenoxy) is 2. The molecule has 0 N–H and O–H groups in total. The minimum Gasteiger partial charge on any atom is -0.494 e. The molecule has 11 heteroatoms. The summed E-state index contributed by atoms with van der Waals surface area (Å²) in [6, 6.07) is 7.85. The van der Waals surface area contributed by atoms with E-state index in [2.05, 4.69) is 24.1 Å². The Kier molecular flexibility index (Phi) is 6.61. The van der Waals surface area contributed by atoms with E-state index in [1.54, 1.807) is 17.0 Å². The Hall–Kier alpha value is -3.39. The predicted molar refractivity (Wildman–Crippen MR) is 122 cm³/mol. The van der Waals surface area contributed by atoms with Gasteiger partial charge in [0, 0.05) is 19.2 Å². The van der Waals surface area contributed by atoms with Crippen molar-refractivity contribution in [2.24, 2.45) is 0 Å². The number of carbonyl (C=O) groups is 3. The van der Waals surface area contributed by atoms with Gasteiger partial charge in [-0.1, -0.05) is 17.3 Å². The van der Waals surface area contributed by atoms with E-state index in [1.165, 1.54) is 25.3 Å². The van der Waals surface area contributed by atoms with Gasteiger partial charge >= 0.3 is 5.97 Å². The Bertz CT molecular complexity index is 1250. The maximum Gasteiger partial charge on any atom is 0.381 e. The Morgan fingerprint density at radius 2 is 1.82 bits per heavy atom. The van der Waals surface area contributed by atoms with Crippen LogP contribution in [0.5, 0.6) is 5.75 Å². The molecule has 4 rings (SSSR count). The second-order valence-electron chi connectivity index (χ2n) is 8.20. The minimum absolute atomic E-state index is 0.00749. The van der Waals surface area contributed by atoms with Crippen LogP contribution in [0.1, 0.15) is 39.4 Å². The smallest absolute Gasteiger partial charge is 0.381 e. The van der Waals surface area contributed by atoms with Crippen molar-refractivity contribution in [2.45, 2.75) is 24.4 Å². The lowest BCUT2D eigenvalue weighted by Crippen LogP contribution is -2.45. The van der Waals surface area contributed by atoms with Crippen molar-refractivity contribution < 1.29 is 32.8 Å². The van der Waals surface area contributed by atoms with Crippen molar-refractivity contribution in [3.8, 4) is 5.75 Å². The number of fused-ring (bicyclic) bond motifs is 1. The van der Waals surface area contributed by atoms with E-state index in [1.807, 2.05) is 0 Å². The summed E-state index contributed by atoms with van der Waals surface area (Å²) < 4.78 is 28.1. The Balaban J connectivity index is 1.55. The van der Waals surface area contributed by atoms with Crippen LogP contribution in [-0.4, -0.2) is 65.2 Å². The van der Waals surface area contributed by atoms with Gasteiger partial charge in [-0.2, -0.15) is 0 Å². The number of methoxy groups -OCH3 is 2. The van der Waals surface area contributed by atoms with Crippen molar-refractivity contribution >= 4 is 38.0 Å². The average Bonchev–Trinajstić information content (AvgIpc) is 3.26. The zero-order valence-electron chi connectivity index (χ0n) is 18.7. The number of aromatic nitrogens is 2. The van der Waals surface area contributed by atoms with Crippen LogP contribution in [0.4, 0.5) is 4.39 Å². The number of Topliss-reactive ketones (excluding diaryl/α,β-unsaturated/α-hetero) is 1. The van der Waals surface area contributed by atoms with Gasteiger partial charge in [0.2, 0.25) is 0 Å². The van der Waals surface area contributed by atoms with Crippen molar-refractivity contribution in [3.63, 3.8) is 0 Å². The third-order valence-electron chi connectivity index (χ3n) is 5.94. The van der Waals surface area contributed by atoms with Gasteiger partial charge in [-0.3, -0.25) is 9.59 Å². The zero-order chi connectivity index (χ0) is 24.5. The Labute approximate surface area is 196 Å². The molecule has 1 aliphatic heterocycles. The molecule has 1 unspecified atom stereocenters. The van der Waals surface area contributed by atoms with Crippen LogP contribution in [0.15, 0.2) is 34.9 Å². The topological polar surface area (TPSA) is 112 Å². The SMILES string of the molecule is COC(=O)C(=O)c1noc2cc(OC)c(C(=O)N3CCC(P)(Cc4ccc(F)cc4)CC3)nc12. The molecule has 1 saturated heterocycles. The van der Waals surface area contributed by atoms with Crippen molar-refractivity contribution in [2.75, 3.05) is 27.3 Å². The zero-order valence-corrected chi connectivity index (χ0v) is 19.8. The van der Waals surface area contributed by atoms with Gasteiger partial charge < -0.3 is 18.9 Å². The van der Waals surface area contributed by atoms with Gasteiger partial charge in [0.05, 0.1) is 14.2 Å². The van der Waals surface area contributed by atoms with E-state index in [9.17, 15) is 18.8 Å². The fraction of sp³-hybridized carbons (Fsp3) is 0.348. The molecule has 0 aliphatic carbocycles. The average molecular weight is 487 g/mol. The van der Waals surface area contributed by atoms with E-state index in [-0.39, 0.29) is 45.1 Å². The van der Waals surface area contributed by atoms with Crippen LogP contribution in [0.2, 0.25) is 0 Å². The number of likely N-dealkylation sites (tertiary alicyclic amines) is 1. The number of carbonyl (C=O) groups excluding carboxylic acids is 3. The van der Waals surface area contributed by atoms with Gasteiger partial charge in [0.25, 0.3) is 11.7 Å². The number of halogens is 1. The monoisotopic (exact) mass is 487 g/mol. The lowest BCUT2D eigenvalue weighted by molar-refractivity contribution is -0.135. The molecule has 9 nitrogen and oxygen atoms in total. The number of benzene rings is 1. The summed E-state index contributed by atoms with van der Waals surface area (Å²) in [6.07, 6.45) is 2.17. The van der Waals surface area contributed by atoms with E-state index >= 15 is 0 Å². The number of hydrogen-bond acceptors (Lipinski definition) is 8. The molecule has 1 aromatic carbocycles. The molecule has 0 spiro atoms. The molecule has 1 atom stereocenters. The standard InChI is InChI=1S/C23H23FN3O6P/c1-31-15-11-16-17(19(26-33-16)20(28)22(30)32-2)25-18(15)21(29)27-9-7-23(34,8-10-27)12-13-3-5-14(24)6-4-13/h3-6,11H,7-10,12,34H2,1-2H3. The lowest BCUT2D eigenvalue weighted by atomic mass is 9.88. The van der Waals surface area contributed by atoms with Crippen molar-refractivity contribution in [3.05, 3.63) is 53.1 Å². The molecule has 34 heavy (non-hydrogen) atoms. The molecule has 0 saturated carbocycles. The van der Waals surface area contributed by atoms with Crippen LogP contribution < -0.4 is 4.74 Å². The highest BCUT2D eigenvalue weighted by atomic mass is 31.0. The summed E-state index contributed by atoms with van der Waals surface area (Å²) in [6.45, 7) is 0.952. The number of pyridine rings is 1. The first kappa shape index (κ1) is 23.8. The highest BCUT2D eigenvalue weighted by molar-refractivity contribution is 7.19. The number of esters is 1. The van der Waals surface area contributed by atoms with Gasteiger partial charge in [-0.15, -0.1) is 9.24 Å². The lowest BCUT2D eigenvalue weighted by Gasteiger charge is -2.39. The third-order valence-corrected chi connectivity index (χ3v) is 6.72. The van der Waals surface area contributed by atoms with E-state index in [0.717, 1.165) is 19.1 Å². The number of rotatable bonds is 6. The maximum absolute atomic E-state index is 13.3. The first-order chi connectivity index (χ1) is 16.2. The van der Waals surface area contributed by atoms with E-state index in [0.29, 0.717) is 25.9 Å². The van der Waals surface area contributed by atoms with Gasteiger partial charge in [-0.05, 0) is 42.1 Å². The second kappa shape index (κ2) is 9.46. The van der Waals surface area contributed by atoms with Crippen LogP contribution in [0.25, 0.3) is 11.1 Å². The quantitative estimate of drug-likeness (QED) is 0.226. The first-order valence-corrected chi connectivity index (χ1v) is 11.1. The molecule has 2 aromatic heterocycles. The minimum atomic E-state index is -1.12. The normalized spacial score (nSPS) is 15.2. The highest BCUT2D eigenvalue weighted by Crippen LogP contribution is 2.36. The number of hydrogen-bond donors (Lipinski definition) is 0. The number of piperidine rings is 1. The Morgan fingerprint density at radius 3 is 2.44 bits per heavy atom. The fourth-order valence-corrected chi connectivity index (χ4v) is 4.49. The van der Waals surface area contributed by atoms with Crippen molar-refractivity contribution in [1.29, 1.82) is 0 Å². The van der Waals surface area contributed by atoms with Crippen molar-refractivity contribution in [1.82, 2.24) is 15.0 Å². The largest absolute Gasteiger partial charge is 0.494 e. The first-order valence-electron chi connectivity index (χ1n) is 10.5. The molecular formula is C23H23FN3O6P. The summed E-state index contributed by atoms with van der Waals surface area (Å²) in [5.41, 5.74) is 0.767. The van der Waals surface area contributed by atoms with Crippen LogP contribution in [0, 0.1) is 5.82 Å². The van der Waals surface area contributed by atoms with Gasteiger partial charge in [-0.25, -0.2) is 14.2 Å². The molecule has 3 aromatic rings. The molecular weight excluding hydrogens is 464 g/mol. The Morgan fingerprint density at radius 1 is 1.15 bits per heavy atom. The second-order valence-corrected chi connectivity index (χ2v) is 9.42. The van der Waals surface area contributed by atoms with E-state index < -0.39 is 11.8 Å². The molecule has 0 bridgehead atoms. The molecule has 3 heterocycles. The van der Waals surface area contributed by atoms with Crippen LogP contribution >= 0.6 is 9.24 Å². The number of amides is 1. The molecule has 178 valence electrons. The number of nitrogens with zero attached hydrogens (tertiary/aromatic N) is 3. The molecule has 1 amide bonds. The summed E-state index contributed by atoms with van der Waals surface area (Å²) >= 11 is 0. The molecule has 1 aliphatic rings. The third kappa shape index (κ3) is 4.63. The van der Waals surface area contributed by atoms with E-state index in [4.69, 9.17) is 9.26 Å². The molecule has 1 fully saturated rings. The molecule has 0 radical (unpaired) electrons. The summed E-state index contributed by atoms with van der Waals surface area (Å²) in [4.78, 5) is 43.2. The summed E-state index contributed by atoms with van der Waals surface area (Å²) in [5.74, 6) is -2.62. The summed E-state index contributed by atoms with van der Waals surface area (Å²) in [5, 5.41) is 3.50. The van der Waals surface area contributed by atoms with Gasteiger partial charge in [0.15, 0.2) is 22.7 Å². The highest BCUT2D eigenvalue weighted by Gasteiger charge is 2.35. The fourth-order valence-electron chi connectivity index (χ4n) is 3.99. The maximum atomic E-state index is 13.3. The summed E-state index contributed by atoms with van der Waals surface area (Å²) in [7, 11) is 5.36.